The van der Waals surface area contributed by atoms with E-state index in [0.717, 1.165) is 34.2 Å². The SMILES string of the molecule is CC(CN)CCc1nn2c(-c3cccnc3)nnc2s1. The topological polar surface area (TPSA) is 82.0 Å². The molecule has 1 unspecified atom stereocenters. The van der Waals surface area contributed by atoms with Gasteiger partial charge in [0.1, 0.15) is 5.01 Å². The van der Waals surface area contributed by atoms with E-state index >= 15 is 0 Å². The van der Waals surface area contributed by atoms with Crippen LogP contribution < -0.4 is 5.73 Å². The molecule has 6 nitrogen and oxygen atoms in total. The molecule has 0 spiro atoms. The monoisotopic (exact) mass is 288 g/mol. The van der Waals surface area contributed by atoms with Gasteiger partial charge in [0.05, 0.1) is 0 Å². The molecule has 1 atom stereocenters. The van der Waals surface area contributed by atoms with Crippen LogP contribution in [0.3, 0.4) is 0 Å². The molecule has 0 bridgehead atoms. The van der Waals surface area contributed by atoms with Crippen LogP contribution in [-0.4, -0.2) is 31.3 Å². The van der Waals surface area contributed by atoms with Crippen LogP contribution >= 0.6 is 11.3 Å². The van der Waals surface area contributed by atoms with Crippen molar-refractivity contribution < 1.29 is 0 Å². The quantitative estimate of drug-likeness (QED) is 0.773. The fourth-order valence-electron chi connectivity index (χ4n) is 1.92. The van der Waals surface area contributed by atoms with Crippen LogP contribution in [0.15, 0.2) is 24.5 Å². The molecule has 2 N–H and O–H groups in total. The lowest BCUT2D eigenvalue weighted by atomic mass is 10.1. The summed E-state index contributed by atoms with van der Waals surface area (Å²) in [4.78, 5) is 4.92. The van der Waals surface area contributed by atoms with Gasteiger partial charge in [-0.25, -0.2) is 0 Å². The van der Waals surface area contributed by atoms with Gasteiger partial charge < -0.3 is 5.73 Å². The van der Waals surface area contributed by atoms with E-state index in [9.17, 15) is 0 Å². The van der Waals surface area contributed by atoms with E-state index in [0.29, 0.717) is 12.5 Å². The van der Waals surface area contributed by atoms with Crippen LogP contribution in [0.25, 0.3) is 16.3 Å². The van der Waals surface area contributed by atoms with Gasteiger partial charge >= 0.3 is 0 Å². The van der Waals surface area contributed by atoms with E-state index in [4.69, 9.17) is 5.73 Å². The lowest BCUT2D eigenvalue weighted by Gasteiger charge is -2.04. The third-order valence-corrected chi connectivity index (χ3v) is 4.16. The maximum Gasteiger partial charge on any atom is 0.234 e. The molecule has 0 aliphatic heterocycles. The molecule has 0 saturated heterocycles. The number of nitrogens with zero attached hydrogens (tertiary/aromatic N) is 5. The largest absolute Gasteiger partial charge is 0.330 e. The first-order valence-corrected chi connectivity index (χ1v) is 7.41. The molecule has 3 aromatic heterocycles. The predicted octanol–water partition coefficient (Wildman–Crippen LogP) is 1.78. The smallest absolute Gasteiger partial charge is 0.234 e. The number of rotatable bonds is 5. The number of hydrogen-bond donors (Lipinski definition) is 1. The van der Waals surface area contributed by atoms with Gasteiger partial charge in [-0.15, -0.1) is 10.2 Å². The molecule has 3 rings (SSSR count). The second-order valence-electron chi connectivity index (χ2n) is 4.84. The maximum absolute atomic E-state index is 5.64. The van der Waals surface area contributed by atoms with Crippen molar-refractivity contribution in [1.29, 1.82) is 0 Å². The predicted molar refractivity (Wildman–Crippen MR) is 78.4 cm³/mol. The Labute approximate surface area is 120 Å². The van der Waals surface area contributed by atoms with E-state index < -0.39 is 0 Å². The Morgan fingerprint density at radius 1 is 1.40 bits per heavy atom. The number of nitrogens with two attached hydrogens (primary N) is 1. The first-order chi connectivity index (χ1) is 9.78. The van der Waals surface area contributed by atoms with E-state index in [1.165, 1.54) is 0 Å². The van der Waals surface area contributed by atoms with Gasteiger partial charge in [0.15, 0.2) is 5.82 Å². The summed E-state index contributed by atoms with van der Waals surface area (Å²) >= 11 is 1.58. The number of pyridine rings is 1. The van der Waals surface area contributed by atoms with Crippen molar-refractivity contribution in [3.63, 3.8) is 0 Å². The zero-order valence-corrected chi connectivity index (χ0v) is 12.0. The molecule has 20 heavy (non-hydrogen) atoms. The van der Waals surface area contributed by atoms with Crippen LogP contribution in [0.4, 0.5) is 0 Å². The number of hydrogen-bond acceptors (Lipinski definition) is 6. The molecule has 0 amide bonds. The molecular weight excluding hydrogens is 272 g/mol. The summed E-state index contributed by atoms with van der Waals surface area (Å²) in [5.74, 6) is 1.25. The second kappa shape index (κ2) is 5.64. The summed E-state index contributed by atoms with van der Waals surface area (Å²) in [6.45, 7) is 2.87. The normalized spacial score (nSPS) is 12.9. The summed E-state index contributed by atoms with van der Waals surface area (Å²) in [7, 11) is 0. The zero-order chi connectivity index (χ0) is 13.9. The number of aryl methyl sites for hydroxylation is 1. The van der Waals surface area contributed by atoms with E-state index in [2.05, 4.69) is 27.2 Å². The molecule has 104 valence electrons. The maximum atomic E-state index is 5.64. The lowest BCUT2D eigenvalue weighted by Crippen LogP contribution is -2.11. The standard InChI is InChI=1S/C13H16N6S/c1-9(7-14)4-5-11-18-19-12(16-17-13(19)20-11)10-3-2-6-15-8-10/h2-3,6,8-9H,4-5,7,14H2,1H3. The molecule has 0 aliphatic carbocycles. The van der Waals surface area contributed by atoms with Gasteiger partial charge in [0.2, 0.25) is 4.96 Å². The number of fused-ring (bicyclic) bond motifs is 1. The Kier molecular flexibility index (Phi) is 3.70. The van der Waals surface area contributed by atoms with Crippen molar-refractivity contribution in [2.24, 2.45) is 11.7 Å². The third-order valence-electron chi connectivity index (χ3n) is 3.21. The van der Waals surface area contributed by atoms with Crippen LogP contribution in [0.2, 0.25) is 0 Å². The molecule has 3 heterocycles. The van der Waals surface area contributed by atoms with E-state index in [1.807, 2.05) is 12.1 Å². The van der Waals surface area contributed by atoms with Gasteiger partial charge in [-0.3, -0.25) is 4.98 Å². The minimum atomic E-state index is 0.516. The molecule has 7 heteroatoms. The minimum Gasteiger partial charge on any atom is -0.330 e. The molecule has 0 saturated carbocycles. The Bertz CT molecular complexity index is 689. The van der Waals surface area contributed by atoms with Crippen LogP contribution in [0.1, 0.15) is 18.4 Å². The Balaban J connectivity index is 1.87. The average molecular weight is 288 g/mol. The fourth-order valence-corrected chi connectivity index (χ4v) is 2.77. The summed E-state index contributed by atoms with van der Waals surface area (Å²) < 4.78 is 1.80. The highest BCUT2D eigenvalue weighted by Gasteiger charge is 2.13. The second-order valence-corrected chi connectivity index (χ2v) is 5.88. The highest BCUT2D eigenvalue weighted by Crippen LogP contribution is 2.22. The van der Waals surface area contributed by atoms with Crippen molar-refractivity contribution in [2.75, 3.05) is 6.54 Å². The first kappa shape index (κ1) is 13.1. The third kappa shape index (κ3) is 2.54. The van der Waals surface area contributed by atoms with E-state index in [1.54, 1.807) is 28.2 Å². The molecule has 3 aromatic rings. The molecule has 0 aromatic carbocycles. The van der Waals surface area contributed by atoms with Gasteiger partial charge in [-0.1, -0.05) is 18.3 Å². The van der Waals surface area contributed by atoms with Gasteiger partial charge in [0.25, 0.3) is 0 Å². The van der Waals surface area contributed by atoms with Gasteiger partial charge in [-0.2, -0.15) is 9.61 Å². The highest BCUT2D eigenvalue weighted by atomic mass is 32.1. The molecule has 0 aliphatic rings. The van der Waals surface area contributed by atoms with Crippen molar-refractivity contribution in [1.82, 2.24) is 24.8 Å². The van der Waals surface area contributed by atoms with Crippen molar-refractivity contribution >= 4 is 16.3 Å². The highest BCUT2D eigenvalue weighted by molar-refractivity contribution is 7.16. The lowest BCUT2D eigenvalue weighted by molar-refractivity contribution is 0.542. The summed E-state index contributed by atoms with van der Waals surface area (Å²) in [5.41, 5.74) is 6.56. The molecule has 0 fully saturated rings. The average Bonchev–Trinajstić information content (AvgIpc) is 3.05. The first-order valence-electron chi connectivity index (χ1n) is 6.59. The van der Waals surface area contributed by atoms with Crippen molar-refractivity contribution in [2.45, 2.75) is 19.8 Å². The van der Waals surface area contributed by atoms with Crippen molar-refractivity contribution in [3.05, 3.63) is 29.5 Å². The fraction of sp³-hybridized carbons (Fsp3) is 0.385. The minimum absolute atomic E-state index is 0.516. The van der Waals surface area contributed by atoms with Crippen LogP contribution in [0, 0.1) is 5.92 Å². The van der Waals surface area contributed by atoms with Crippen LogP contribution in [0.5, 0.6) is 0 Å². The zero-order valence-electron chi connectivity index (χ0n) is 11.2. The Morgan fingerprint density at radius 3 is 3.05 bits per heavy atom. The Hall–Kier alpha value is -1.86. The van der Waals surface area contributed by atoms with E-state index in [-0.39, 0.29) is 0 Å². The summed E-state index contributed by atoms with van der Waals surface area (Å²) in [5, 5.41) is 14.0. The van der Waals surface area contributed by atoms with Crippen LogP contribution in [-0.2, 0) is 6.42 Å². The van der Waals surface area contributed by atoms with Crippen molar-refractivity contribution in [3.8, 4) is 11.4 Å². The summed E-state index contributed by atoms with van der Waals surface area (Å²) in [6, 6.07) is 3.84. The van der Waals surface area contributed by atoms with Gasteiger partial charge in [0, 0.05) is 24.4 Å². The van der Waals surface area contributed by atoms with Gasteiger partial charge in [-0.05, 0) is 31.0 Å². The molecular formula is C13H16N6S. The number of aromatic nitrogens is 5. The molecule has 0 radical (unpaired) electrons. The Morgan fingerprint density at radius 2 is 2.30 bits per heavy atom. The summed E-state index contributed by atoms with van der Waals surface area (Å²) in [6.07, 6.45) is 5.48.